The Morgan fingerprint density at radius 1 is 1.33 bits per heavy atom. The van der Waals surface area contributed by atoms with Crippen molar-refractivity contribution >= 4 is 17.3 Å². The van der Waals surface area contributed by atoms with Gasteiger partial charge >= 0.3 is 0 Å². The molecule has 2 aromatic rings. The Labute approximate surface area is 128 Å². The molecule has 1 aliphatic heterocycles. The van der Waals surface area contributed by atoms with E-state index in [1.807, 2.05) is 24.3 Å². The zero-order valence-corrected chi connectivity index (χ0v) is 12.7. The largest absolute Gasteiger partial charge is 0.497 e. The highest BCUT2D eigenvalue weighted by Gasteiger charge is 2.07. The molecule has 3 rings (SSSR count). The number of thiazole rings is 1. The average molecular weight is 302 g/mol. The minimum Gasteiger partial charge on any atom is -0.497 e. The summed E-state index contributed by atoms with van der Waals surface area (Å²) < 4.78 is 5.17. The minimum absolute atomic E-state index is 0.693. The molecule has 0 amide bonds. The van der Waals surface area contributed by atoms with E-state index >= 15 is 0 Å². The van der Waals surface area contributed by atoms with Crippen LogP contribution in [0.3, 0.4) is 0 Å². The standard InChI is InChI=1S/C15H18N4OS/c1-20-13-5-3-11(4-6-13)14-19-12(10-21-14)9-18-15-16-7-2-8-17-15/h3-6,10H,2,7-9H2,1H3,(H2,16,17,18). The van der Waals surface area contributed by atoms with E-state index in [4.69, 9.17) is 4.74 Å². The molecule has 2 N–H and O–H groups in total. The van der Waals surface area contributed by atoms with E-state index in [9.17, 15) is 0 Å². The van der Waals surface area contributed by atoms with Crippen LogP contribution < -0.4 is 15.4 Å². The second-order valence-electron chi connectivity index (χ2n) is 4.74. The van der Waals surface area contributed by atoms with E-state index in [2.05, 4.69) is 26.0 Å². The quantitative estimate of drug-likeness (QED) is 0.909. The molecule has 0 saturated carbocycles. The van der Waals surface area contributed by atoms with Crippen molar-refractivity contribution in [1.29, 1.82) is 0 Å². The van der Waals surface area contributed by atoms with Crippen LogP contribution in [0.4, 0.5) is 0 Å². The average Bonchev–Trinajstić information content (AvgIpc) is 3.03. The van der Waals surface area contributed by atoms with Gasteiger partial charge in [0, 0.05) is 24.0 Å². The maximum Gasteiger partial charge on any atom is 0.191 e. The van der Waals surface area contributed by atoms with Gasteiger partial charge in [0.25, 0.3) is 0 Å². The topological polar surface area (TPSA) is 58.5 Å². The molecular formula is C15H18N4OS. The van der Waals surface area contributed by atoms with Crippen LogP contribution in [0.5, 0.6) is 5.75 Å². The smallest absolute Gasteiger partial charge is 0.191 e. The molecule has 0 radical (unpaired) electrons. The molecule has 0 unspecified atom stereocenters. The monoisotopic (exact) mass is 302 g/mol. The van der Waals surface area contributed by atoms with Gasteiger partial charge in [-0.1, -0.05) is 0 Å². The molecular weight excluding hydrogens is 284 g/mol. The van der Waals surface area contributed by atoms with Gasteiger partial charge in [0.2, 0.25) is 0 Å². The second kappa shape index (κ2) is 6.58. The number of methoxy groups -OCH3 is 1. The first-order valence-corrected chi connectivity index (χ1v) is 7.84. The summed E-state index contributed by atoms with van der Waals surface area (Å²) in [6.45, 7) is 2.57. The fourth-order valence-corrected chi connectivity index (χ4v) is 2.91. The maximum absolute atomic E-state index is 5.17. The Bertz CT molecular complexity index is 621. The first-order valence-electron chi connectivity index (χ1n) is 6.96. The Morgan fingerprint density at radius 2 is 2.19 bits per heavy atom. The van der Waals surface area contributed by atoms with Gasteiger partial charge in [-0.2, -0.15) is 0 Å². The maximum atomic E-state index is 5.17. The Kier molecular flexibility index (Phi) is 4.35. The normalized spacial score (nSPS) is 14.2. The summed E-state index contributed by atoms with van der Waals surface area (Å²) in [7, 11) is 1.67. The molecule has 1 aromatic heterocycles. The minimum atomic E-state index is 0.693. The van der Waals surface area contributed by atoms with E-state index in [1.165, 1.54) is 0 Å². The third kappa shape index (κ3) is 3.52. The number of hydrogen-bond acceptors (Lipinski definition) is 6. The number of nitrogens with zero attached hydrogens (tertiary/aromatic N) is 2. The Morgan fingerprint density at radius 3 is 2.90 bits per heavy atom. The van der Waals surface area contributed by atoms with Crippen molar-refractivity contribution < 1.29 is 4.74 Å². The van der Waals surface area contributed by atoms with E-state index in [0.29, 0.717) is 6.54 Å². The lowest BCUT2D eigenvalue weighted by Gasteiger charge is -2.15. The lowest BCUT2D eigenvalue weighted by atomic mass is 10.2. The lowest BCUT2D eigenvalue weighted by molar-refractivity contribution is 0.415. The molecule has 0 aliphatic carbocycles. The zero-order chi connectivity index (χ0) is 14.5. The first kappa shape index (κ1) is 13.9. The third-order valence-electron chi connectivity index (χ3n) is 3.22. The third-order valence-corrected chi connectivity index (χ3v) is 4.16. The number of ether oxygens (including phenoxy) is 1. The summed E-state index contributed by atoms with van der Waals surface area (Å²) in [6.07, 6.45) is 1.10. The summed E-state index contributed by atoms with van der Waals surface area (Å²) in [5.74, 6) is 1.74. The van der Waals surface area contributed by atoms with E-state index in [-0.39, 0.29) is 0 Å². The highest BCUT2D eigenvalue weighted by atomic mass is 32.1. The molecule has 0 saturated heterocycles. The summed E-state index contributed by atoms with van der Waals surface area (Å²) in [6, 6.07) is 7.97. The van der Waals surface area contributed by atoms with Crippen molar-refractivity contribution in [1.82, 2.24) is 15.6 Å². The van der Waals surface area contributed by atoms with Crippen LogP contribution in [0.1, 0.15) is 12.1 Å². The predicted molar refractivity (Wildman–Crippen MR) is 85.9 cm³/mol. The number of nitrogens with one attached hydrogen (secondary N) is 2. The van der Waals surface area contributed by atoms with Crippen LogP contribution >= 0.6 is 11.3 Å². The molecule has 1 aliphatic rings. The van der Waals surface area contributed by atoms with Crippen LogP contribution in [0.25, 0.3) is 10.6 Å². The number of rotatable bonds is 4. The second-order valence-corrected chi connectivity index (χ2v) is 5.59. The fraction of sp³-hybridized carbons (Fsp3) is 0.333. The van der Waals surface area contributed by atoms with Crippen molar-refractivity contribution in [3.63, 3.8) is 0 Å². The van der Waals surface area contributed by atoms with Crippen molar-refractivity contribution in [3.8, 4) is 16.3 Å². The van der Waals surface area contributed by atoms with Crippen LogP contribution in [0.2, 0.25) is 0 Å². The highest BCUT2D eigenvalue weighted by Crippen LogP contribution is 2.25. The Balaban J connectivity index is 1.63. The van der Waals surface area contributed by atoms with Crippen molar-refractivity contribution in [2.45, 2.75) is 13.0 Å². The molecule has 1 aromatic carbocycles. The van der Waals surface area contributed by atoms with Gasteiger partial charge in [0.05, 0.1) is 19.3 Å². The fourth-order valence-electron chi connectivity index (χ4n) is 2.08. The van der Waals surface area contributed by atoms with E-state index in [1.54, 1.807) is 18.4 Å². The summed E-state index contributed by atoms with van der Waals surface area (Å²) in [4.78, 5) is 9.04. The molecule has 0 bridgehead atoms. The van der Waals surface area contributed by atoms with Crippen molar-refractivity contribution in [3.05, 3.63) is 35.3 Å². The number of aliphatic imine (C=N–C) groups is 1. The molecule has 6 heteroatoms. The van der Waals surface area contributed by atoms with Gasteiger partial charge in [0.1, 0.15) is 10.8 Å². The SMILES string of the molecule is COc1ccc(-c2nc(CNC3=NCCCN3)cs2)cc1. The van der Waals surface area contributed by atoms with Gasteiger partial charge in [-0.3, -0.25) is 4.99 Å². The van der Waals surface area contributed by atoms with E-state index < -0.39 is 0 Å². The molecule has 0 spiro atoms. The van der Waals surface area contributed by atoms with Gasteiger partial charge in [0.15, 0.2) is 5.96 Å². The van der Waals surface area contributed by atoms with Gasteiger partial charge in [-0.25, -0.2) is 4.98 Å². The van der Waals surface area contributed by atoms with Crippen LogP contribution in [0.15, 0.2) is 34.6 Å². The molecule has 21 heavy (non-hydrogen) atoms. The van der Waals surface area contributed by atoms with Crippen LogP contribution in [-0.2, 0) is 6.54 Å². The number of guanidine groups is 1. The van der Waals surface area contributed by atoms with Gasteiger partial charge in [-0.15, -0.1) is 11.3 Å². The molecule has 0 atom stereocenters. The first-order chi connectivity index (χ1) is 10.3. The Hall–Kier alpha value is -2.08. The number of hydrogen-bond donors (Lipinski definition) is 2. The summed E-state index contributed by atoms with van der Waals surface area (Å²) in [5, 5.41) is 9.63. The summed E-state index contributed by atoms with van der Waals surface area (Å²) in [5.41, 5.74) is 2.14. The molecule has 5 nitrogen and oxygen atoms in total. The van der Waals surface area contributed by atoms with Crippen LogP contribution in [-0.4, -0.2) is 31.1 Å². The molecule has 2 heterocycles. The molecule has 110 valence electrons. The number of benzene rings is 1. The van der Waals surface area contributed by atoms with Gasteiger partial charge < -0.3 is 15.4 Å². The lowest BCUT2D eigenvalue weighted by Crippen LogP contribution is -2.40. The highest BCUT2D eigenvalue weighted by molar-refractivity contribution is 7.13. The zero-order valence-electron chi connectivity index (χ0n) is 11.9. The summed E-state index contributed by atoms with van der Waals surface area (Å²) >= 11 is 1.65. The number of aromatic nitrogens is 1. The van der Waals surface area contributed by atoms with Crippen molar-refractivity contribution in [2.24, 2.45) is 4.99 Å². The van der Waals surface area contributed by atoms with E-state index in [0.717, 1.165) is 47.5 Å². The predicted octanol–water partition coefficient (Wildman–Crippen LogP) is 2.26. The molecule has 0 fully saturated rings. The van der Waals surface area contributed by atoms with Crippen molar-refractivity contribution in [2.75, 3.05) is 20.2 Å². The van der Waals surface area contributed by atoms with Crippen LogP contribution in [0, 0.1) is 0 Å². The van der Waals surface area contributed by atoms with Gasteiger partial charge in [-0.05, 0) is 30.7 Å².